The molecule has 1 unspecified atom stereocenters. The largest absolute Gasteiger partial charge is 0.480 e. The maximum Gasteiger partial charge on any atom is 0.231 e. The highest BCUT2D eigenvalue weighted by molar-refractivity contribution is 6.00. The Morgan fingerprint density at radius 1 is 1.22 bits per heavy atom. The average molecular weight is 313 g/mol. The van der Waals surface area contributed by atoms with Crippen LogP contribution in [0.25, 0.3) is 0 Å². The number of para-hydroxylation sites is 2. The van der Waals surface area contributed by atoms with Crippen LogP contribution in [0.2, 0.25) is 0 Å². The number of nitrogens with two attached hydrogens (primary N) is 1. The van der Waals surface area contributed by atoms with Gasteiger partial charge in [0, 0.05) is 5.56 Å². The van der Waals surface area contributed by atoms with Gasteiger partial charge in [0.2, 0.25) is 12.6 Å². The van der Waals surface area contributed by atoms with Crippen molar-refractivity contribution in [3.8, 4) is 17.2 Å². The van der Waals surface area contributed by atoms with Crippen molar-refractivity contribution in [2.45, 2.75) is 25.9 Å². The molecule has 0 spiro atoms. The molecule has 0 saturated heterocycles. The van der Waals surface area contributed by atoms with E-state index in [2.05, 4.69) is 0 Å². The summed E-state index contributed by atoms with van der Waals surface area (Å²) in [4.78, 5) is 12.8. The number of ether oxygens (including phenoxy) is 3. The summed E-state index contributed by atoms with van der Waals surface area (Å²) in [6.45, 7) is 2.19. The zero-order valence-corrected chi connectivity index (χ0v) is 13.0. The van der Waals surface area contributed by atoms with Gasteiger partial charge in [-0.25, -0.2) is 0 Å². The molecule has 120 valence electrons. The van der Waals surface area contributed by atoms with Crippen molar-refractivity contribution < 1.29 is 19.0 Å². The number of carbonyl (C=O) groups is 1. The van der Waals surface area contributed by atoms with Gasteiger partial charge in [0.1, 0.15) is 5.75 Å². The topological polar surface area (TPSA) is 70.8 Å². The van der Waals surface area contributed by atoms with Gasteiger partial charge in [0.15, 0.2) is 17.6 Å². The van der Waals surface area contributed by atoms with Crippen molar-refractivity contribution >= 4 is 11.5 Å². The van der Waals surface area contributed by atoms with E-state index in [9.17, 15) is 4.79 Å². The first-order valence-electron chi connectivity index (χ1n) is 7.64. The van der Waals surface area contributed by atoms with Crippen molar-refractivity contribution in [1.82, 2.24) is 0 Å². The monoisotopic (exact) mass is 313 g/mol. The van der Waals surface area contributed by atoms with Gasteiger partial charge < -0.3 is 19.9 Å². The molecule has 5 heteroatoms. The van der Waals surface area contributed by atoms with E-state index in [0.29, 0.717) is 34.9 Å². The smallest absolute Gasteiger partial charge is 0.231 e. The predicted molar refractivity (Wildman–Crippen MR) is 87.1 cm³/mol. The lowest BCUT2D eigenvalue weighted by molar-refractivity contribution is 0.0778. The lowest BCUT2D eigenvalue weighted by Crippen LogP contribution is -2.27. The third kappa shape index (κ3) is 3.23. The number of Topliss-reactive ketones (excluding diaryl/α,β-unsaturated/α-hetero) is 1. The zero-order valence-electron chi connectivity index (χ0n) is 13.0. The Kier molecular flexibility index (Phi) is 4.37. The van der Waals surface area contributed by atoms with E-state index in [1.54, 1.807) is 30.3 Å². The second-order valence-electron chi connectivity index (χ2n) is 5.37. The predicted octanol–water partition coefficient (Wildman–Crippen LogP) is 3.43. The van der Waals surface area contributed by atoms with Crippen molar-refractivity contribution in [2.24, 2.45) is 0 Å². The Morgan fingerprint density at radius 3 is 2.78 bits per heavy atom. The van der Waals surface area contributed by atoms with Crippen molar-refractivity contribution in [3.05, 3.63) is 48.0 Å². The molecule has 1 aliphatic rings. The Morgan fingerprint density at radius 2 is 2.00 bits per heavy atom. The van der Waals surface area contributed by atoms with Crippen LogP contribution >= 0.6 is 0 Å². The third-order valence-electron chi connectivity index (χ3n) is 3.69. The minimum atomic E-state index is -0.579. The lowest BCUT2D eigenvalue weighted by Gasteiger charge is -2.19. The Balaban J connectivity index is 1.83. The van der Waals surface area contributed by atoms with E-state index in [-0.39, 0.29) is 12.6 Å². The Labute approximate surface area is 135 Å². The van der Waals surface area contributed by atoms with Gasteiger partial charge in [-0.05, 0) is 36.8 Å². The van der Waals surface area contributed by atoms with Crippen LogP contribution in [-0.2, 0) is 0 Å². The van der Waals surface area contributed by atoms with Crippen LogP contribution in [0.3, 0.4) is 0 Å². The second kappa shape index (κ2) is 6.60. The van der Waals surface area contributed by atoms with Crippen LogP contribution in [-0.4, -0.2) is 18.7 Å². The minimum absolute atomic E-state index is 0.0894. The molecular formula is C18H19NO4. The first-order chi connectivity index (χ1) is 11.2. The average Bonchev–Trinajstić information content (AvgIpc) is 3.03. The summed E-state index contributed by atoms with van der Waals surface area (Å²) < 4.78 is 16.5. The molecule has 1 atom stereocenters. The summed E-state index contributed by atoms with van der Waals surface area (Å²) >= 11 is 0. The highest BCUT2D eigenvalue weighted by Gasteiger charge is 2.24. The summed E-state index contributed by atoms with van der Waals surface area (Å²) in [5.74, 6) is 1.68. The maximum atomic E-state index is 12.8. The first-order valence-corrected chi connectivity index (χ1v) is 7.64. The highest BCUT2D eigenvalue weighted by Crippen LogP contribution is 2.33. The molecule has 0 fully saturated rings. The van der Waals surface area contributed by atoms with Crippen LogP contribution in [0.1, 0.15) is 30.1 Å². The molecule has 0 saturated carbocycles. The summed E-state index contributed by atoms with van der Waals surface area (Å²) in [5.41, 5.74) is 6.97. The van der Waals surface area contributed by atoms with E-state index < -0.39 is 6.10 Å². The number of anilines is 1. The third-order valence-corrected chi connectivity index (χ3v) is 3.69. The van der Waals surface area contributed by atoms with Crippen molar-refractivity contribution in [1.29, 1.82) is 0 Å². The SMILES string of the molecule is CCCC(Oc1ccccc1N)C(=O)c1ccc2c(c1)OCO2. The molecule has 0 aliphatic carbocycles. The molecule has 2 aromatic rings. The molecule has 1 aliphatic heterocycles. The van der Waals surface area contributed by atoms with Crippen molar-refractivity contribution in [3.63, 3.8) is 0 Å². The van der Waals surface area contributed by atoms with E-state index >= 15 is 0 Å². The quantitative estimate of drug-likeness (QED) is 0.653. The standard InChI is InChI=1S/C18H19NO4/c1-2-5-16(23-14-7-4-3-6-13(14)19)18(20)12-8-9-15-17(10-12)22-11-21-15/h3-4,6-10,16H,2,5,11,19H2,1H3. The number of hydrogen-bond acceptors (Lipinski definition) is 5. The molecule has 0 radical (unpaired) electrons. The van der Waals surface area contributed by atoms with Gasteiger partial charge >= 0.3 is 0 Å². The van der Waals surface area contributed by atoms with Gasteiger partial charge in [-0.1, -0.05) is 25.5 Å². The van der Waals surface area contributed by atoms with Gasteiger partial charge in [0.25, 0.3) is 0 Å². The van der Waals surface area contributed by atoms with E-state index in [1.165, 1.54) is 0 Å². The van der Waals surface area contributed by atoms with Crippen LogP contribution in [0, 0.1) is 0 Å². The molecule has 1 heterocycles. The van der Waals surface area contributed by atoms with Crippen molar-refractivity contribution in [2.75, 3.05) is 12.5 Å². The van der Waals surface area contributed by atoms with Gasteiger partial charge in [-0.2, -0.15) is 0 Å². The molecule has 2 aromatic carbocycles. The second-order valence-corrected chi connectivity index (χ2v) is 5.37. The molecule has 0 bridgehead atoms. The number of benzene rings is 2. The summed E-state index contributed by atoms with van der Waals surface area (Å²) in [6.07, 6.45) is 0.861. The maximum absolute atomic E-state index is 12.8. The molecule has 0 amide bonds. The molecule has 5 nitrogen and oxygen atoms in total. The first kappa shape index (κ1) is 15.2. The number of nitrogen functional groups attached to an aromatic ring is 1. The van der Waals surface area contributed by atoms with Gasteiger partial charge in [-0.3, -0.25) is 4.79 Å². The summed E-state index contributed by atoms with van der Waals surface area (Å²) in [5, 5.41) is 0. The van der Waals surface area contributed by atoms with Gasteiger partial charge in [0.05, 0.1) is 5.69 Å². The fourth-order valence-electron chi connectivity index (χ4n) is 2.48. The van der Waals surface area contributed by atoms with Crippen LogP contribution < -0.4 is 19.9 Å². The number of ketones is 1. The molecule has 23 heavy (non-hydrogen) atoms. The minimum Gasteiger partial charge on any atom is -0.480 e. The van der Waals surface area contributed by atoms with E-state index in [4.69, 9.17) is 19.9 Å². The molecule has 0 aromatic heterocycles. The number of hydrogen-bond donors (Lipinski definition) is 1. The van der Waals surface area contributed by atoms with Gasteiger partial charge in [-0.15, -0.1) is 0 Å². The van der Waals surface area contributed by atoms with Crippen LogP contribution in [0.5, 0.6) is 17.2 Å². The number of fused-ring (bicyclic) bond motifs is 1. The normalized spacial score (nSPS) is 13.6. The fraction of sp³-hybridized carbons (Fsp3) is 0.278. The molecule has 3 rings (SSSR count). The number of carbonyl (C=O) groups excluding carboxylic acids is 1. The van der Waals surface area contributed by atoms with Crippen LogP contribution in [0.4, 0.5) is 5.69 Å². The summed E-state index contributed by atoms with van der Waals surface area (Å²) in [6, 6.07) is 12.4. The summed E-state index contributed by atoms with van der Waals surface area (Å²) in [7, 11) is 0. The molecule has 2 N–H and O–H groups in total. The van der Waals surface area contributed by atoms with E-state index in [1.807, 2.05) is 19.1 Å². The Bertz CT molecular complexity index is 714. The number of rotatable bonds is 6. The Hall–Kier alpha value is -2.69. The fourth-order valence-corrected chi connectivity index (χ4v) is 2.48. The zero-order chi connectivity index (χ0) is 16.2. The van der Waals surface area contributed by atoms with Crippen LogP contribution in [0.15, 0.2) is 42.5 Å². The molecular weight excluding hydrogens is 294 g/mol. The highest BCUT2D eigenvalue weighted by atomic mass is 16.7. The lowest BCUT2D eigenvalue weighted by atomic mass is 10.0. The van der Waals surface area contributed by atoms with E-state index in [0.717, 1.165) is 6.42 Å².